The molecule has 3 heterocycles. The van der Waals surface area contributed by atoms with Crippen molar-refractivity contribution in [1.29, 1.82) is 0 Å². The molecule has 0 radical (unpaired) electrons. The van der Waals surface area contributed by atoms with Gasteiger partial charge in [0.05, 0.1) is 33.2 Å². The Morgan fingerprint density at radius 3 is 1.85 bits per heavy atom. The molecule has 9 aromatic carbocycles. The molecule has 0 bridgehead atoms. The molecule has 0 amide bonds. The fourth-order valence-electron chi connectivity index (χ4n) is 8.06. The van der Waals surface area contributed by atoms with Crippen LogP contribution in [-0.4, -0.2) is 19.5 Å². The first kappa shape index (κ1) is 25.6. The Balaban J connectivity index is 1.21. The van der Waals surface area contributed by atoms with Crippen LogP contribution >= 0.6 is 11.3 Å². The van der Waals surface area contributed by atoms with E-state index in [1.54, 1.807) is 17.4 Å². The maximum atomic E-state index is 9.81. The molecule has 0 spiro atoms. The van der Waals surface area contributed by atoms with Crippen molar-refractivity contribution in [3.8, 4) is 73.2 Å². The Hall–Kier alpha value is -7.99. The Kier molecular flexibility index (Phi) is 6.16. The van der Waals surface area contributed by atoms with Crippen molar-refractivity contribution >= 4 is 53.3 Å². The highest BCUT2D eigenvalue weighted by atomic mass is 32.1. The normalized spacial score (nSPS) is 14.3. The lowest BCUT2D eigenvalue weighted by molar-refractivity contribution is 1.06. The lowest BCUT2D eigenvalue weighted by atomic mass is 9.99. The zero-order valence-electron chi connectivity index (χ0n) is 44.6. The summed E-state index contributed by atoms with van der Waals surface area (Å²) >= 11 is 1.67. The molecule has 0 aliphatic rings. The molecule has 0 atom stereocenters. The summed E-state index contributed by atoms with van der Waals surface area (Å²) in [7, 11) is 0. The van der Waals surface area contributed by atoms with Crippen LogP contribution in [-0.2, 0) is 0 Å². The van der Waals surface area contributed by atoms with Crippen molar-refractivity contribution in [2.75, 3.05) is 0 Å². The summed E-state index contributed by atoms with van der Waals surface area (Å²) in [4.78, 5) is 15.4. The predicted molar refractivity (Wildman–Crippen MR) is 260 cm³/mol. The van der Waals surface area contributed by atoms with Gasteiger partial charge in [-0.3, -0.25) is 0 Å². The molecule has 0 fully saturated rings. The van der Waals surface area contributed by atoms with Crippen molar-refractivity contribution in [2.45, 2.75) is 0 Å². The molecule has 4 nitrogen and oxygen atoms in total. The Labute approximate surface area is 379 Å². The number of hydrogen-bond donors (Lipinski definition) is 0. The van der Waals surface area contributed by atoms with Crippen molar-refractivity contribution in [3.05, 3.63) is 218 Å². The van der Waals surface area contributed by atoms with Crippen LogP contribution < -0.4 is 0 Å². The van der Waals surface area contributed by atoms with Crippen LogP contribution in [0, 0.1) is 0 Å². The van der Waals surface area contributed by atoms with Gasteiger partial charge in [-0.1, -0.05) is 170 Å². The molecule has 12 rings (SSSR count). The van der Waals surface area contributed by atoms with Gasteiger partial charge in [0.2, 0.25) is 0 Å². The number of hydrogen-bond acceptors (Lipinski definition) is 4. The average molecular weight is 821 g/mol. The zero-order chi connectivity index (χ0) is 51.4. The first-order valence-corrected chi connectivity index (χ1v) is 20.7. The van der Waals surface area contributed by atoms with Gasteiger partial charge in [-0.05, 0) is 81.8 Å². The minimum Gasteiger partial charge on any atom is -0.309 e. The van der Waals surface area contributed by atoms with Crippen LogP contribution in [0.25, 0.3) is 115 Å². The fraction of sp³-hybridized carbons (Fsp3) is 0. The number of rotatable bonds is 7. The monoisotopic (exact) mass is 820 g/mol. The number of benzene rings is 9. The van der Waals surface area contributed by atoms with E-state index in [4.69, 9.17) is 24.5 Å². The average Bonchev–Trinajstić information content (AvgIpc) is 4.01. The molecule has 0 saturated heterocycles. The smallest absolute Gasteiger partial charge is 0.166 e. The molecule has 0 aliphatic heterocycles. The molecule has 0 unspecified atom stereocenters. The molecular weight excluding hydrogens is 773 g/mol. The predicted octanol–water partition coefficient (Wildman–Crippen LogP) is 15.3. The molecular formula is C57H36N4S. The van der Waals surface area contributed by atoms with E-state index in [0.717, 1.165) is 42.4 Å². The minimum absolute atomic E-state index is 0.126. The largest absolute Gasteiger partial charge is 0.309 e. The van der Waals surface area contributed by atoms with Crippen LogP contribution in [0.5, 0.6) is 0 Å². The SMILES string of the molecule is [2H]c1c([2H])c([2H])c(-c2c([2H])c([2H])c3c(c2[2H])c2c([2H])c([2H])c([2H])c([2H])c2n3-c2ccc(-c3ccc4c(c3)sc3ccccc34)cc2-c2nc(-c3ccccc3)nc(-c3cccc(-c4ccccc4)c3)n2)c([2H])c1[2H]. The second-order valence-electron chi connectivity index (χ2n) is 14.7. The highest BCUT2D eigenvalue weighted by molar-refractivity contribution is 7.25. The minimum atomic E-state index is -0.703. The van der Waals surface area contributed by atoms with Crippen molar-refractivity contribution in [1.82, 2.24) is 19.5 Å². The Bertz CT molecular complexity index is 4320. The summed E-state index contributed by atoms with van der Waals surface area (Å²) in [5, 5.41) is 1.89. The molecule has 12 aromatic rings. The van der Waals surface area contributed by atoms with Gasteiger partial charge >= 0.3 is 0 Å². The van der Waals surface area contributed by atoms with E-state index in [2.05, 4.69) is 24.3 Å². The molecule has 3 aromatic heterocycles. The molecule has 62 heavy (non-hydrogen) atoms. The van der Waals surface area contributed by atoms with Gasteiger partial charge < -0.3 is 4.57 Å². The first-order chi connectivity index (χ1) is 35.7. The van der Waals surface area contributed by atoms with Gasteiger partial charge in [-0.15, -0.1) is 11.3 Å². The number of fused-ring (bicyclic) bond motifs is 6. The first-order valence-electron chi connectivity index (χ1n) is 25.9. The van der Waals surface area contributed by atoms with Crippen molar-refractivity contribution in [3.63, 3.8) is 0 Å². The van der Waals surface area contributed by atoms with Crippen LogP contribution in [0.3, 0.4) is 0 Å². The Morgan fingerprint density at radius 1 is 0.371 bits per heavy atom. The Morgan fingerprint density at radius 2 is 1.00 bits per heavy atom. The van der Waals surface area contributed by atoms with Gasteiger partial charge in [-0.25, -0.2) is 15.0 Å². The van der Waals surface area contributed by atoms with Gasteiger partial charge in [0.25, 0.3) is 0 Å². The number of thiophene rings is 1. The fourth-order valence-corrected chi connectivity index (χ4v) is 9.21. The lowest BCUT2D eigenvalue weighted by Crippen LogP contribution is -2.04. The summed E-state index contributed by atoms with van der Waals surface area (Å²) in [6.07, 6.45) is 0. The maximum absolute atomic E-state index is 9.81. The van der Waals surface area contributed by atoms with E-state index in [0.29, 0.717) is 28.3 Å². The van der Waals surface area contributed by atoms with E-state index in [-0.39, 0.29) is 33.3 Å². The number of aromatic nitrogens is 4. The topological polar surface area (TPSA) is 43.6 Å². The number of para-hydroxylation sites is 1. The summed E-state index contributed by atoms with van der Waals surface area (Å²) in [6, 6.07) is 39.6. The van der Waals surface area contributed by atoms with Crippen LogP contribution in [0.4, 0.5) is 0 Å². The van der Waals surface area contributed by atoms with E-state index < -0.39 is 83.6 Å². The summed E-state index contributed by atoms with van der Waals surface area (Å²) in [5.41, 5.74) is 4.22. The number of nitrogens with zero attached hydrogens (tertiary/aromatic N) is 4. The summed E-state index contributed by atoms with van der Waals surface area (Å²) in [5.74, 6) is 0.813. The maximum Gasteiger partial charge on any atom is 0.166 e. The van der Waals surface area contributed by atoms with Gasteiger partial charge in [-0.2, -0.15) is 0 Å². The quantitative estimate of drug-likeness (QED) is 0.161. The third-order valence-electron chi connectivity index (χ3n) is 11.0. The van der Waals surface area contributed by atoms with Crippen LogP contribution in [0.2, 0.25) is 0 Å². The third kappa shape index (κ3) is 6.26. The van der Waals surface area contributed by atoms with E-state index in [1.807, 2.05) is 115 Å². The molecule has 290 valence electrons. The van der Waals surface area contributed by atoms with E-state index in [1.165, 1.54) is 4.57 Å². The van der Waals surface area contributed by atoms with E-state index >= 15 is 0 Å². The second kappa shape index (κ2) is 14.9. The summed E-state index contributed by atoms with van der Waals surface area (Å²) < 4.78 is 112. The highest BCUT2D eigenvalue weighted by Gasteiger charge is 2.21. The van der Waals surface area contributed by atoms with E-state index in [9.17, 15) is 6.85 Å². The van der Waals surface area contributed by atoms with Gasteiger partial charge in [0.15, 0.2) is 17.5 Å². The van der Waals surface area contributed by atoms with Crippen molar-refractivity contribution < 1.29 is 16.4 Å². The summed E-state index contributed by atoms with van der Waals surface area (Å²) in [6.45, 7) is 0. The van der Waals surface area contributed by atoms with Crippen molar-refractivity contribution in [2.24, 2.45) is 0 Å². The molecule has 5 heteroatoms. The van der Waals surface area contributed by atoms with Gasteiger partial charge in [0, 0.05) is 47.6 Å². The zero-order valence-corrected chi connectivity index (χ0v) is 33.4. The molecule has 0 saturated carbocycles. The third-order valence-corrected chi connectivity index (χ3v) is 12.1. The standard InChI is InChI=1S/C57H36N4S/c1-4-15-37(16-5-1)40-21-14-22-44(33-40)56-58-55(39-19-8-3-9-20-39)59-57(60-56)49-35-42(43-27-30-47-46-24-11-13-26-53(46)62-54(47)36-43)29-32-52(49)61-50-25-12-10-23-45(50)48-34-41(28-31-51(48)61)38-17-6-2-7-18-38/h1-36H/i2D,6D,7D,10D,12D,17D,18D,23D,25D,28D,31D,34D. The molecule has 0 aliphatic carbocycles. The van der Waals surface area contributed by atoms with Gasteiger partial charge in [0.1, 0.15) is 0 Å². The molecule has 0 N–H and O–H groups in total. The lowest BCUT2D eigenvalue weighted by Gasteiger charge is -2.16. The second-order valence-corrected chi connectivity index (χ2v) is 15.8. The highest BCUT2D eigenvalue weighted by Crippen LogP contribution is 2.41. The van der Waals surface area contributed by atoms with Crippen LogP contribution in [0.15, 0.2) is 218 Å². The van der Waals surface area contributed by atoms with Crippen LogP contribution in [0.1, 0.15) is 16.4 Å².